The molecule has 0 radical (unpaired) electrons. The molecule has 6 heteroatoms. The Balaban J connectivity index is 0.00000200. The van der Waals surface area contributed by atoms with Crippen molar-refractivity contribution < 1.29 is 9.53 Å². The van der Waals surface area contributed by atoms with Gasteiger partial charge in [0.2, 0.25) is 0 Å². The highest BCUT2D eigenvalue weighted by atomic mass is 35.5. The van der Waals surface area contributed by atoms with Gasteiger partial charge in [0, 0.05) is 13.1 Å². The number of guanidine groups is 1. The molecule has 1 saturated heterocycles. The quantitative estimate of drug-likeness (QED) is 0.378. The van der Waals surface area contributed by atoms with Crippen molar-refractivity contribution in [3.8, 4) is 5.75 Å². The first-order valence-corrected chi connectivity index (χ1v) is 6.43. The average Bonchev–Trinajstić information content (AvgIpc) is 2.41. The van der Waals surface area contributed by atoms with E-state index in [9.17, 15) is 4.79 Å². The number of nitrogens with zero attached hydrogens (tertiary/aromatic N) is 1. The van der Waals surface area contributed by atoms with Gasteiger partial charge in [-0.25, -0.2) is 0 Å². The first kappa shape index (κ1) is 16.3. The van der Waals surface area contributed by atoms with Crippen molar-refractivity contribution >= 4 is 24.3 Å². The van der Waals surface area contributed by atoms with Gasteiger partial charge >= 0.3 is 5.97 Å². The summed E-state index contributed by atoms with van der Waals surface area (Å²) in [6.45, 7) is 3.20. The van der Waals surface area contributed by atoms with Gasteiger partial charge in [0.25, 0.3) is 0 Å². The lowest BCUT2D eigenvalue weighted by molar-refractivity contribution is -0.140. The Morgan fingerprint density at radius 1 is 1.40 bits per heavy atom. The Kier molecular flexibility index (Phi) is 5.82. The maximum absolute atomic E-state index is 12.1. The highest BCUT2D eigenvalue weighted by Crippen LogP contribution is 2.20. The summed E-state index contributed by atoms with van der Waals surface area (Å²) in [5.74, 6) is 0.136. The molecule has 20 heavy (non-hydrogen) atoms. The van der Waals surface area contributed by atoms with Crippen LogP contribution in [-0.4, -0.2) is 29.9 Å². The van der Waals surface area contributed by atoms with E-state index in [4.69, 9.17) is 15.9 Å². The molecule has 3 N–H and O–H groups in total. The van der Waals surface area contributed by atoms with Crippen molar-refractivity contribution in [2.45, 2.75) is 19.8 Å². The van der Waals surface area contributed by atoms with Crippen LogP contribution in [0.2, 0.25) is 0 Å². The Bertz CT molecular complexity index is 476. The topological polar surface area (TPSA) is 79.4 Å². The second kappa shape index (κ2) is 7.14. The predicted molar refractivity (Wildman–Crippen MR) is 80.3 cm³/mol. The molecule has 0 bridgehead atoms. The molecule has 5 nitrogen and oxygen atoms in total. The van der Waals surface area contributed by atoms with Crippen LogP contribution in [0.3, 0.4) is 0 Å². The lowest BCUT2D eigenvalue weighted by Gasteiger charge is -2.31. The van der Waals surface area contributed by atoms with E-state index in [0.717, 1.165) is 24.9 Å². The van der Waals surface area contributed by atoms with Crippen LogP contribution in [0, 0.1) is 18.3 Å². The minimum Gasteiger partial charge on any atom is -0.426 e. The third-order valence-electron chi connectivity index (χ3n) is 3.33. The van der Waals surface area contributed by atoms with E-state index in [1.165, 1.54) is 0 Å². The Morgan fingerprint density at radius 2 is 2.05 bits per heavy atom. The molecule has 1 aromatic carbocycles. The maximum Gasteiger partial charge on any atom is 0.316 e. The molecule has 110 valence electrons. The molecular formula is C14H20ClN3O2. The van der Waals surface area contributed by atoms with Gasteiger partial charge in [0.05, 0.1) is 5.92 Å². The van der Waals surface area contributed by atoms with Crippen molar-refractivity contribution in [1.82, 2.24) is 4.90 Å². The van der Waals surface area contributed by atoms with E-state index in [-0.39, 0.29) is 30.3 Å². The van der Waals surface area contributed by atoms with Gasteiger partial charge in [-0.2, -0.15) is 0 Å². The van der Waals surface area contributed by atoms with Crippen LogP contribution >= 0.6 is 12.4 Å². The number of carbonyl (C=O) groups excluding carboxylic acids is 1. The monoisotopic (exact) mass is 297 g/mol. The summed E-state index contributed by atoms with van der Waals surface area (Å²) in [7, 11) is 0. The molecule has 0 aliphatic carbocycles. The first-order valence-electron chi connectivity index (χ1n) is 6.43. The number of piperidine rings is 1. The summed E-state index contributed by atoms with van der Waals surface area (Å²) < 4.78 is 5.36. The van der Waals surface area contributed by atoms with Crippen molar-refractivity contribution in [1.29, 1.82) is 5.41 Å². The Morgan fingerprint density at radius 3 is 2.65 bits per heavy atom. The minimum absolute atomic E-state index is 0. The molecule has 1 aliphatic rings. The van der Waals surface area contributed by atoms with Crippen LogP contribution in [0.1, 0.15) is 18.4 Å². The summed E-state index contributed by atoms with van der Waals surface area (Å²) in [5, 5.41) is 7.42. The molecule has 0 aromatic heterocycles. The molecule has 0 spiro atoms. The van der Waals surface area contributed by atoms with Crippen LogP contribution in [0.5, 0.6) is 5.75 Å². The number of halogens is 1. The number of carbonyl (C=O) groups is 1. The first-order chi connectivity index (χ1) is 9.06. The number of benzene rings is 1. The van der Waals surface area contributed by atoms with Crippen LogP contribution in [-0.2, 0) is 4.79 Å². The molecule has 0 amide bonds. The summed E-state index contributed by atoms with van der Waals surface area (Å²) >= 11 is 0. The fraction of sp³-hybridized carbons (Fsp3) is 0.429. The SMILES string of the molecule is Cc1ccc(OC(=O)C2CCCN(C(=N)N)C2)cc1.Cl. The molecule has 1 unspecified atom stereocenters. The molecule has 0 saturated carbocycles. The Hall–Kier alpha value is -1.75. The van der Waals surface area contributed by atoms with Crippen LogP contribution in [0.25, 0.3) is 0 Å². The molecule has 1 atom stereocenters. The highest BCUT2D eigenvalue weighted by Gasteiger charge is 2.27. The molecule has 1 fully saturated rings. The van der Waals surface area contributed by atoms with Crippen molar-refractivity contribution in [3.63, 3.8) is 0 Å². The normalized spacial score (nSPS) is 18.1. The zero-order valence-corrected chi connectivity index (χ0v) is 12.3. The summed E-state index contributed by atoms with van der Waals surface area (Å²) in [5.41, 5.74) is 6.58. The Labute approximate surface area is 125 Å². The van der Waals surface area contributed by atoms with Gasteiger partial charge < -0.3 is 15.4 Å². The van der Waals surface area contributed by atoms with Crippen LogP contribution < -0.4 is 10.5 Å². The van der Waals surface area contributed by atoms with Crippen molar-refractivity contribution in [3.05, 3.63) is 29.8 Å². The maximum atomic E-state index is 12.1. The highest BCUT2D eigenvalue weighted by molar-refractivity contribution is 5.85. The number of esters is 1. The van der Waals surface area contributed by atoms with E-state index in [1.807, 2.05) is 19.1 Å². The minimum atomic E-state index is -0.241. The van der Waals surface area contributed by atoms with Gasteiger partial charge in [-0.3, -0.25) is 10.2 Å². The summed E-state index contributed by atoms with van der Waals surface area (Å²) in [6, 6.07) is 7.40. The van der Waals surface area contributed by atoms with E-state index >= 15 is 0 Å². The number of hydrogen-bond acceptors (Lipinski definition) is 3. The number of hydrogen-bond donors (Lipinski definition) is 2. The second-order valence-corrected chi connectivity index (χ2v) is 4.90. The van der Waals surface area contributed by atoms with Gasteiger partial charge in [-0.1, -0.05) is 17.7 Å². The number of nitrogens with two attached hydrogens (primary N) is 1. The lowest BCUT2D eigenvalue weighted by Crippen LogP contribution is -2.46. The fourth-order valence-corrected chi connectivity index (χ4v) is 2.19. The molecule has 2 rings (SSSR count). The second-order valence-electron chi connectivity index (χ2n) is 4.90. The summed E-state index contributed by atoms with van der Waals surface area (Å²) in [4.78, 5) is 13.8. The predicted octanol–water partition coefficient (Wildman–Crippen LogP) is 1.93. The van der Waals surface area contributed by atoms with Crippen LogP contribution in [0.15, 0.2) is 24.3 Å². The fourth-order valence-electron chi connectivity index (χ4n) is 2.19. The number of likely N-dealkylation sites (tertiary alicyclic amines) is 1. The van der Waals surface area contributed by atoms with Gasteiger partial charge in [0.1, 0.15) is 5.75 Å². The number of aryl methyl sites for hydroxylation is 1. The standard InChI is InChI=1S/C14H19N3O2.ClH/c1-10-4-6-12(7-5-10)19-13(18)11-3-2-8-17(9-11)14(15)16;/h4-7,11H,2-3,8-9H2,1H3,(H3,15,16);1H. The van der Waals surface area contributed by atoms with E-state index < -0.39 is 0 Å². The average molecular weight is 298 g/mol. The lowest BCUT2D eigenvalue weighted by atomic mass is 9.98. The number of ether oxygens (including phenoxy) is 1. The largest absolute Gasteiger partial charge is 0.426 e. The van der Waals surface area contributed by atoms with Gasteiger partial charge in [-0.15, -0.1) is 12.4 Å². The van der Waals surface area contributed by atoms with Crippen LogP contribution in [0.4, 0.5) is 0 Å². The smallest absolute Gasteiger partial charge is 0.316 e. The van der Waals surface area contributed by atoms with E-state index in [2.05, 4.69) is 0 Å². The van der Waals surface area contributed by atoms with Crippen molar-refractivity contribution in [2.75, 3.05) is 13.1 Å². The van der Waals surface area contributed by atoms with E-state index in [0.29, 0.717) is 12.3 Å². The number of nitrogens with one attached hydrogen (secondary N) is 1. The van der Waals surface area contributed by atoms with Gasteiger partial charge in [0.15, 0.2) is 5.96 Å². The zero-order chi connectivity index (χ0) is 13.8. The zero-order valence-electron chi connectivity index (χ0n) is 11.5. The van der Waals surface area contributed by atoms with Crippen molar-refractivity contribution in [2.24, 2.45) is 11.7 Å². The molecule has 1 aliphatic heterocycles. The van der Waals surface area contributed by atoms with Gasteiger partial charge in [-0.05, 0) is 31.9 Å². The third kappa shape index (κ3) is 4.13. The summed E-state index contributed by atoms with van der Waals surface area (Å²) in [6.07, 6.45) is 1.64. The number of rotatable bonds is 2. The molecule has 1 aromatic rings. The third-order valence-corrected chi connectivity index (χ3v) is 3.33. The molecule has 1 heterocycles. The van der Waals surface area contributed by atoms with E-state index in [1.54, 1.807) is 17.0 Å². The molecular weight excluding hydrogens is 278 g/mol.